The first-order valence-corrected chi connectivity index (χ1v) is 7.90. The van der Waals surface area contributed by atoms with Crippen LogP contribution in [0.2, 0.25) is 0 Å². The maximum atomic E-state index is 5.53. The highest BCUT2D eigenvalue weighted by Gasteiger charge is 2.37. The summed E-state index contributed by atoms with van der Waals surface area (Å²) in [6, 6.07) is 0. The molecule has 2 aliphatic heterocycles. The van der Waals surface area contributed by atoms with Gasteiger partial charge in [0.1, 0.15) is 0 Å². The molecule has 0 atom stereocenters. The van der Waals surface area contributed by atoms with E-state index in [-0.39, 0.29) is 0 Å². The number of hydrogen-bond donors (Lipinski definition) is 0. The molecule has 2 rings (SSSR count). The van der Waals surface area contributed by atoms with Crippen LogP contribution in [0.15, 0.2) is 0 Å². The standard InChI is InChI=1S/C16H31NO/c1-14(2)4-9-17-10-5-15(6-11-17)16(3)7-12-18-13-8-16/h14-15H,4-13H2,1-3H3. The second kappa shape index (κ2) is 6.38. The van der Waals surface area contributed by atoms with Crippen molar-refractivity contribution in [3.63, 3.8) is 0 Å². The van der Waals surface area contributed by atoms with Crippen molar-refractivity contribution >= 4 is 0 Å². The van der Waals surface area contributed by atoms with Gasteiger partial charge in [0, 0.05) is 13.2 Å². The largest absolute Gasteiger partial charge is 0.381 e. The quantitative estimate of drug-likeness (QED) is 0.759. The van der Waals surface area contributed by atoms with Gasteiger partial charge in [0.05, 0.1) is 0 Å². The molecule has 18 heavy (non-hydrogen) atoms. The summed E-state index contributed by atoms with van der Waals surface area (Å²) < 4.78 is 5.53. The highest BCUT2D eigenvalue weighted by atomic mass is 16.5. The summed E-state index contributed by atoms with van der Waals surface area (Å²) in [6.45, 7) is 13.1. The molecule has 0 aromatic heterocycles. The molecule has 2 aliphatic rings. The van der Waals surface area contributed by atoms with E-state index in [4.69, 9.17) is 4.74 Å². The average Bonchev–Trinajstić information content (AvgIpc) is 2.38. The number of ether oxygens (including phenoxy) is 1. The number of rotatable bonds is 4. The van der Waals surface area contributed by atoms with Crippen molar-refractivity contribution in [3.05, 3.63) is 0 Å². The molecule has 2 heterocycles. The second-order valence-corrected chi connectivity index (χ2v) is 7.06. The molecule has 0 unspecified atom stereocenters. The van der Waals surface area contributed by atoms with Gasteiger partial charge in [-0.2, -0.15) is 0 Å². The van der Waals surface area contributed by atoms with Gasteiger partial charge in [-0.05, 0) is 69.0 Å². The van der Waals surface area contributed by atoms with Gasteiger partial charge in [0.15, 0.2) is 0 Å². The molecule has 2 nitrogen and oxygen atoms in total. The minimum Gasteiger partial charge on any atom is -0.381 e. The van der Waals surface area contributed by atoms with Crippen LogP contribution in [0.4, 0.5) is 0 Å². The first-order valence-electron chi connectivity index (χ1n) is 7.90. The number of piperidine rings is 1. The molecule has 0 spiro atoms. The Morgan fingerprint density at radius 1 is 1.17 bits per heavy atom. The summed E-state index contributed by atoms with van der Waals surface area (Å²) in [5.74, 6) is 1.78. The van der Waals surface area contributed by atoms with Crippen LogP contribution in [0.3, 0.4) is 0 Å². The van der Waals surface area contributed by atoms with Gasteiger partial charge in [-0.3, -0.25) is 0 Å². The molecule has 0 aromatic rings. The Balaban J connectivity index is 1.75. The molecule has 106 valence electrons. The lowest BCUT2D eigenvalue weighted by Crippen LogP contribution is -2.42. The molecule has 0 bridgehead atoms. The molecule has 2 saturated heterocycles. The van der Waals surface area contributed by atoms with E-state index in [0.29, 0.717) is 5.41 Å². The predicted octanol–water partition coefficient (Wildman–Crippen LogP) is 3.56. The van der Waals surface area contributed by atoms with Gasteiger partial charge in [-0.1, -0.05) is 20.8 Å². The molecule has 2 heteroatoms. The second-order valence-electron chi connectivity index (χ2n) is 7.06. The normalized spacial score (nSPS) is 26.7. The van der Waals surface area contributed by atoms with Crippen LogP contribution in [0, 0.1) is 17.3 Å². The van der Waals surface area contributed by atoms with E-state index in [2.05, 4.69) is 25.7 Å². The fourth-order valence-electron chi connectivity index (χ4n) is 3.54. The third-order valence-corrected chi connectivity index (χ3v) is 5.23. The van der Waals surface area contributed by atoms with Crippen LogP contribution in [-0.2, 0) is 4.74 Å². The van der Waals surface area contributed by atoms with Gasteiger partial charge < -0.3 is 9.64 Å². The maximum Gasteiger partial charge on any atom is 0.0471 e. The Bertz CT molecular complexity index is 237. The molecular formula is C16H31NO. The molecule has 0 aromatic carbocycles. The number of hydrogen-bond acceptors (Lipinski definition) is 2. The van der Waals surface area contributed by atoms with E-state index in [1.165, 1.54) is 51.7 Å². The van der Waals surface area contributed by atoms with Crippen LogP contribution in [-0.4, -0.2) is 37.7 Å². The topological polar surface area (TPSA) is 12.5 Å². The van der Waals surface area contributed by atoms with E-state index in [0.717, 1.165) is 25.0 Å². The first kappa shape index (κ1) is 14.3. The summed E-state index contributed by atoms with van der Waals surface area (Å²) in [6.07, 6.45) is 6.74. The number of likely N-dealkylation sites (tertiary alicyclic amines) is 1. The van der Waals surface area contributed by atoms with Crippen molar-refractivity contribution in [2.75, 3.05) is 32.8 Å². The minimum absolute atomic E-state index is 0.572. The summed E-state index contributed by atoms with van der Waals surface area (Å²) in [5.41, 5.74) is 0.572. The predicted molar refractivity (Wildman–Crippen MR) is 76.8 cm³/mol. The zero-order chi connectivity index (χ0) is 13.0. The van der Waals surface area contributed by atoms with Gasteiger partial charge in [-0.25, -0.2) is 0 Å². The molecule has 0 aliphatic carbocycles. The smallest absolute Gasteiger partial charge is 0.0471 e. The van der Waals surface area contributed by atoms with Crippen molar-refractivity contribution in [1.82, 2.24) is 4.90 Å². The van der Waals surface area contributed by atoms with E-state index in [1.807, 2.05) is 0 Å². The lowest BCUT2D eigenvalue weighted by atomic mass is 9.68. The molecule has 2 fully saturated rings. The summed E-state index contributed by atoms with van der Waals surface area (Å²) >= 11 is 0. The van der Waals surface area contributed by atoms with E-state index >= 15 is 0 Å². The van der Waals surface area contributed by atoms with E-state index < -0.39 is 0 Å². The van der Waals surface area contributed by atoms with Gasteiger partial charge >= 0.3 is 0 Å². The highest BCUT2D eigenvalue weighted by molar-refractivity contribution is 4.88. The molecule has 0 radical (unpaired) electrons. The van der Waals surface area contributed by atoms with Gasteiger partial charge in [0.25, 0.3) is 0 Å². The lowest BCUT2D eigenvalue weighted by Gasteiger charge is -2.45. The number of nitrogens with zero attached hydrogens (tertiary/aromatic N) is 1. The maximum absolute atomic E-state index is 5.53. The van der Waals surface area contributed by atoms with Crippen LogP contribution in [0.1, 0.15) is 52.9 Å². The summed E-state index contributed by atoms with van der Waals surface area (Å²) in [7, 11) is 0. The van der Waals surface area contributed by atoms with Crippen molar-refractivity contribution in [3.8, 4) is 0 Å². The Kier molecular flexibility index (Phi) is 5.08. The van der Waals surface area contributed by atoms with Gasteiger partial charge in [-0.15, -0.1) is 0 Å². The highest BCUT2D eigenvalue weighted by Crippen LogP contribution is 2.42. The molecular weight excluding hydrogens is 222 g/mol. The Labute approximate surface area is 113 Å². The van der Waals surface area contributed by atoms with Crippen molar-refractivity contribution in [2.24, 2.45) is 17.3 Å². The molecule has 0 amide bonds. The average molecular weight is 253 g/mol. The van der Waals surface area contributed by atoms with E-state index in [9.17, 15) is 0 Å². The Morgan fingerprint density at radius 2 is 1.78 bits per heavy atom. The molecule has 0 N–H and O–H groups in total. The minimum atomic E-state index is 0.572. The van der Waals surface area contributed by atoms with Crippen molar-refractivity contribution in [2.45, 2.75) is 52.9 Å². The third-order valence-electron chi connectivity index (χ3n) is 5.23. The van der Waals surface area contributed by atoms with Crippen LogP contribution < -0.4 is 0 Å². The Hall–Kier alpha value is -0.0800. The third kappa shape index (κ3) is 3.71. The summed E-state index contributed by atoms with van der Waals surface area (Å²) in [4.78, 5) is 2.68. The van der Waals surface area contributed by atoms with Crippen LogP contribution in [0.5, 0.6) is 0 Å². The van der Waals surface area contributed by atoms with Crippen molar-refractivity contribution in [1.29, 1.82) is 0 Å². The Morgan fingerprint density at radius 3 is 2.33 bits per heavy atom. The lowest BCUT2D eigenvalue weighted by molar-refractivity contribution is -0.0256. The fourth-order valence-corrected chi connectivity index (χ4v) is 3.54. The zero-order valence-corrected chi connectivity index (χ0v) is 12.6. The zero-order valence-electron chi connectivity index (χ0n) is 12.6. The monoisotopic (exact) mass is 253 g/mol. The van der Waals surface area contributed by atoms with E-state index in [1.54, 1.807) is 0 Å². The first-order chi connectivity index (χ1) is 8.60. The summed E-state index contributed by atoms with van der Waals surface area (Å²) in [5, 5.41) is 0. The van der Waals surface area contributed by atoms with Crippen molar-refractivity contribution < 1.29 is 4.74 Å². The van der Waals surface area contributed by atoms with Crippen LogP contribution >= 0.6 is 0 Å². The SMILES string of the molecule is CC(C)CCN1CCC(C2(C)CCOCC2)CC1. The molecule has 0 saturated carbocycles. The fraction of sp³-hybridized carbons (Fsp3) is 1.00. The van der Waals surface area contributed by atoms with Gasteiger partial charge in [0.2, 0.25) is 0 Å². The van der Waals surface area contributed by atoms with Crippen LogP contribution in [0.25, 0.3) is 0 Å².